The number of hydrogen-bond donors (Lipinski definition) is 1. The predicted molar refractivity (Wildman–Crippen MR) is 59.3 cm³/mol. The molecular formula is C10H10F2N2S. The van der Waals surface area contributed by atoms with Crippen LogP contribution in [0.1, 0.15) is 6.92 Å². The van der Waals surface area contributed by atoms with Crippen LogP contribution in [0.3, 0.4) is 0 Å². The number of aliphatic imine (C=N–C) groups is 1. The van der Waals surface area contributed by atoms with E-state index >= 15 is 0 Å². The van der Waals surface area contributed by atoms with Crippen molar-refractivity contribution >= 4 is 22.6 Å². The zero-order valence-corrected chi connectivity index (χ0v) is 8.94. The number of thioether (sulfide) groups is 1. The summed E-state index contributed by atoms with van der Waals surface area (Å²) in [5, 5.41) is 3.25. The number of nitrogens with zero attached hydrogens (tertiary/aromatic N) is 1. The van der Waals surface area contributed by atoms with Crippen molar-refractivity contribution in [3.8, 4) is 0 Å². The molecule has 5 heteroatoms. The minimum Gasteiger partial charge on any atom is -0.330 e. The molecule has 1 aromatic rings. The molecule has 1 aliphatic rings. The van der Waals surface area contributed by atoms with Crippen LogP contribution in [0.4, 0.5) is 14.5 Å². The van der Waals surface area contributed by atoms with E-state index < -0.39 is 11.6 Å². The maximum absolute atomic E-state index is 13.2. The van der Waals surface area contributed by atoms with Crippen LogP contribution >= 0.6 is 11.8 Å². The van der Waals surface area contributed by atoms with Gasteiger partial charge in [-0.05, 0) is 19.1 Å². The standard InChI is InChI=1S/C10H10F2N2S/c1-6-5-15-10(13-6)14-9-7(11)3-2-4-8(9)12/h2-4,6H,5H2,1H3,(H,13,14). The third kappa shape index (κ3) is 2.28. The quantitative estimate of drug-likeness (QED) is 0.799. The van der Waals surface area contributed by atoms with Gasteiger partial charge >= 0.3 is 0 Å². The van der Waals surface area contributed by atoms with E-state index in [2.05, 4.69) is 10.3 Å². The number of halogens is 2. The van der Waals surface area contributed by atoms with E-state index in [1.54, 1.807) is 0 Å². The van der Waals surface area contributed by atoms with Crippen LogP contribution in [0.2, 0.25) is 0 Å². The fourth-order valence-corrected chi connectivity index (χ4v) is 2.17. The molecule has 0 saturated carbocycles. The predicted octanol–water partition coefficient (Wildman–Crippen LogP) is 2.87. The molecule has 15 heavy (non-hydrogen) atoms. The highest BCUT2D eigenvalue weighted by Gasteiger charge is 2.16. The minimum atomic E-state index is -0.599. The smallest absolute Gasteiger partial charge is 0.161 e. The molecule has 0 aliphatic carbocycles. The Labute approximate surface area is 90.8 Å². The van der Waals surface area contributed by atoms with Crippen molar-refractivity contribution in [3.05, 3.63) is 29.8 Å². The first kappa shape index (κ1) is 10.4. The van der Waals surface area contributed by atoms with Crippen LogP contribution in [-0.4, -0.2) is 17.0 Å². The van der Waals surface area contributed by atoms with E-state index in [9.17, 15) is 8.78 Å². The number of amidine groups is 1. The Morgan fingerprint density at radius 1 is 1.40 bits per heavy atom. The Balaban J connectivity index is 2.21. The molecule has 0 saturated heterocycles. The van der Waals surface area contributed by atoms with Crippen molar-refractivity contribution in [1.29, 1.82) is 0 Å². The Kier molecular flexibility index (Phi) is 2.90. The minimum absolute atomic E-state index is 0.127. The van der Waals surface area contributed by atoms with Crippen LogP contribution < -0.4 is 5.32 Å². The molecule has 1 aromatic carbocycles. The van der Waals surface area contributed by atoms with Crippen LogP contribution in [0, 0.1) is 11.6 Å². The van der Waals surface area contributed by atoms with E-state index in [4.69, 9.17) is 0 Å². The molecular weight excluding hydrogens is 218 g/mol. The lowest BCUT2D eigenvalue weighted by Gasteiger charge is -2.06. The molecule has 80 valence electrons. The summed E-state index contributed by atoms with van der Waals surface area (Å²) in [6.45, 7) is 1.96. The average Bonchev–Trinajstić information content (AvgIpc) is 2.58. The fraction of sp³-hybridized carbons (Fsp3) is 0.300. The van der Waals surface area contributed by atoms with E-state index in [1.807, 2.05) is 6.92 Å². The van der Waals surface area contributed by atoms with Crippen LogP contribution in [0.25, 0.3) is 0 Å². The Bertz CT molecular complexity index is 386. The number of nitrogens with one attached hydrogen (secondary N) is 1. The van der Waals surface area contributed by atoms with Gasteiger partial charge in [-0.3, -0.25) is 4.99 Å². The van der Waals surface area contributed by atoms with E-state index in [0.717, 1.165) is 5.75 Å². The molecule has 1 aliphatic heterocycles. The summed E-state index contributed by atoms with van der Waals surface area (Å²) in [4.78, 5) is 4.20. The molecule has 0 fully saturated rings. The number of para-hydroxylation sites is 1. The van der Waals surface area contributed by atoms with Crippen LogP contribution in [0.5, 0.6) is 0 Å². The summed E-state index contributed by atoms with van der Waals surface area (Å²) in [6.07, 6.45) is 0. The lowest BCUT2D eigenvalue weighted by Crippen LogP contribution is -2.08. The van der Waals surface area contributed by atoms with Gasteiger partial charge in [0.2, 0.25) is 0 Å². The zero-order valence-electron chi connectivity index (χ0n) is 8.13. The van der Waals surface area contributed by atoms with E-state index in [-0.39, 0.29) is 11.7 Å². The highest BCUT2D eigenvalue weighted by Crippen LogP contribution is 2.23. The van der Waals surface area contributed by atoms with Gasteiger partial charge in [0.25, 0.3) is 0 Å². The summed E-state index contributed by atoms with van der Waals surface area (Å²) in [7, 11) is 0. The maximum Gasteiger partial charge on any atom is 0.161 e. The third-order valence-electron chi connectivity index (χ3n) is 1.99. The molecule has 1 unspecified atom stereocenters. The van der Waals surface area contributed by atoms with Crippen molar-refractivity contribution in [2.75, 3.05) is 11.1 Å². The van der Waals surface area contributed by atoms with Gasteiger partial charge in [0.1, 0.15) is 17.3 Å². The first-order chi connectivity index (χ1) is 7.16. The van der Waals surface area contributed by atoms with Crippen molar-refractivity contribution in [1.82, 2.24) is 0 Å². The van der Waals surface area contributed by atoms with Crippen molar-refractivity contribution in [3.63, 3.8) is 0 Å². The Morgan fingerprint density at radius 3 is 2.60 bits per heavy atom. The topological polar surface area (TPSA) is 24.4 Å². The molecule has 0 radical (unpaired) electrons. The lowest BCUT2D eigenvalue weighted by molar-refractivity contribution is 0.591. The Hall–Kier alpha value is -1.10. The number of benzene rings is 1. The molecule has 1 N–H and O–H groups in total. The second kappa shape index (κ2) is 4.18. The lowest BCUT2D eigenvalue weighted by atomic mass is 10.3. The average molecular weight is 228 g/mol. The first-order valence-electron chi connectivity index (χ1n) is 4.58. The molecule has 0 aromatic heterocycles. The van der Waals surface area contributed by atoms with Crippen LogP contribution in [0.15, 0.2) is 23.2 Å². The molecule has 2 rings (SSSR count). The third-order valence-corrected chi connectivity index (χ3v) is 3.12. The largest absolute Gasteiger partial charge is 0.330 e. The zero-order chi connectivity index (χ0) is 10.8. The highest BCUT2D eigenvalue weighted by atomic mass is 32.2. The normalized spacial score (nSPS) is 20.2. The Morgan fingerprint density at radius 2 is 2.07 bits per heavy atom. The van der Waals surface area contributed by atoms with Gasteiger partial charge in [-0.15, -0.1) is 0 Å². The van der Waals surface area contributed by atoms with Gasteiger partial charge in [-0.2, -0.15) is 0 Å². The molecule has 1 heterocycles. The van der Waals surface area contributed by atoms with Crippen molar-refractivity contribution < 1.29 is 8.78 Å². The summed E-state index contributed by atoms with van der Waals surface area (Å²) in [5.41, 5.74) is -0.127. The van der Waals surface area contributed by atoms with Gasteiger partial charge in [0, 0.05) is 5.75 Å². The number of rotatable bonds is 1. The molecule has 0 spiro atoms. The van der Waals surface area contributed by atoms with Gasteiger partial charge in [0.05, 0.1) is 6.04 Å². The first-order valence-corrected chi connectivity index (χ1v) is 5.57. The number of anilines is 1. The summed E-state index contributed by atoms with van der Waals surface area (Å²) in [6, 6.07) is 3.97. The molecule has 0 bridgehead atoms. The van der Waals surface area contributed by atoms with Gasteiger partial charge in [-0.1, -0.05) is 17.8 Å². The molecule has 1 atom stereocenters. The SMILES string of the molecule is CC1CSC(Nc2c(F)cccc2F)=N1. The van der Waals surface area contributed by atoms with Gasteiger partial charge in [-0.25, -0.2) is 8.78 Å². The maximum atomic E-state index is 13.2. The van der Waals surface area contributed by atoms with Gasteiger partial charge in [0.15, 0.2) is 5.17 Å². The summed E-state index contributed by atoms with van der Waals surface area (Å²) >= 11 is 1.47. The monoisotopic (exact) mass is 228 g/mol. The van der Waals surface area contributed by atoms with E-state index in [0.29, 0.717) is 5.17 Å². The summed E-state index contributed by atoms with van der Waals surface area (Å²) < 4.78 is 26.5. The van der Waals surface area contributed by atoms with Crippen LogP contribution in [-0.2, 0) is 0 Å². The second-order valence-electron chi connectivity index (χ2n) is 3.32. The highest BCUT2D eigenvalue weighted by molar-refractivity contribution is 8.14. The second-order valence-corrected chi connectivity index (χ2v) is 4.32. The van der Waals surface area contributed by atoms with Gasteiger partial charge < -0.3 is 5.32 Å². The molecule has 2 nitrogen and oxygen atoms in total. The molecule has 0 amide bonds. The van der Waals surface area contributed by atoms with Crippen molar-refractivity contribution in [2.24, 2.45) is 4.99 Å². The van der Waals surface area contributed by atoms with E-state index in [1.165, 1.54) is 30.0 Å². The van der Waals surface area contributed by atoms with Crippen molar-refractivity contribution in [2.45, 2.75) is 13.0 Å². The number of hydrogen-bond acceptors (Lipinski definition) is 3. The summed E-state index contributed by atoms with van der Waals surface area (Å²) in [5.74, 6) is -0.353. The fourth-order valence-electron chi connectivity index (χ4n) is 1.27.